The smallest absolute Gasteiger partial charge is 0.279 e. The van der Waals surface area contributed by atoms with Gasteiger partial charge in [0.1, 0.15) is 12.4 Å². The summed E-state index contributed by atoms with van der Waals surface area (Å²) in [5.41, 5.74) is 0.986. The van der Waals surface area contributed by atoms with Crippen molar-refractivity contribution in [2.45, 2.75) is 23.2 Å². The summed E-state index contributed by atoms with van der Waals surface area (Å²) in [6.45, 7) is 0.327. The average Bonchev–Trinajstić information content (AvgIpc) is 2.72. The highest BCUT2D eigenvalue weighted by atomic mass is 32.2. The zero-order chi connectivity index (χ0) is 20.1. The van der Waals surface area contributed by atoms with Crippen molar-refractivity contribution in [2.24, 2.45) is 5.92 Å². The maximum Gasteiger partial charge on any atom is 0.279 e. The Kier molecular flexibility index (Phi) is 6.30. The molecule has 0 spiro atoms. The molecule has 1 saturated heterocycles. The Morgan fingerprint density at radius 1 is 1.11 bits per heavy atom. The first-order valence-corrected chi connectivity index (χ1v) is 10.2. The molecule has 0 radical (unpaired) electrons. The highest BCUT2D eigenvalue weighted by molar-refractivity contribution is 7.92. The number of hydroxylamine groups is 2. The van der Waals surface area contributed by atoms with Gasteiger partial charge in [0.2, 0.25) is 0 Å². The molecule has 8 nitrogen and oxygen atoms in total. The van der Waals surface area contributed by atoms with Crippen LogP contribution >= 0.6 is 0 Å². The van der Waals surface area contributed by atoms with Crippen molar-refractivity contribution in [3.63, 3.8) is 0 Å². The summed E-state index contributed by atoms with van der Waals surface area (Å²) in [6.07, 6.45) is 0.0822. The molecule has 2 aromatic carbocycles. The van der Waals surface area contributed by atoms with Crippen LogP contribution in [-0.2, 0) is 26.0 Å². The molecule has 0 bridgehead atoms. The van der Waals surface area contributed by atoms with Gasteiger partial charge < -0.3 is 9.47 Å². The lowest BCUT2D eigenvalue weighted by molar-refractivity contribution is -0.289. The van der Waals surface area contributed by atoms with Gasteiger partial charge in [0, 0.05) is 6.61 Å². The number of carbonyl (C=O) groups is 1. The molecule has 1 aliphatic rings. The van der Waals surface area contributed by atoms with Gasteiger partial charge in [-0.3, -0.25) is 15.2 Å². The zero-order valence-electron chi connectivity index (χ0n) is 15.0. The highest BCUT2D eigenvalue weighted by Crippen LogP contribution is 2.29. The zero-order valence-corrected chi connectivity index (χ0v) is 15.8. The van der Waals surface area contributed by atoms with Crippen LogP contribution in [0.2, 0.25) is 0 Å². The van der Waals surface area contributed by atoms with E-state index in [0.29, 0.717) is 12.4 Å². The van der Waals surface area contributed by atoms with Crippen molar-refractivity contribution in [1.82, 2.24) is 5.23 Å². The lowest BCUT2D eigenvalue weighted by atomic mass is 10.0. The van der Waals surface area contributed by atoms with Gasteiger partial charge >= 0.3 is 0 Å². The van der Waals surface area contributed by atoms with Gasteiger partial charge in [0.15, 0.2) is 9.84 Å². The van der Waals surface area contributed by atoms with Crippen LogP contribution in [0.1, 0.15) is 12.0 Å². The molecule has 3 rings (SSSR count). The summed E-state index contributed by atoms with van der Waals surface area (Å²) < 4.78 is 36.8. The van der Waals surface area contributed by atoms with Gasteiger partial charge in [-0.25, -0.2) is 8.42 Å². The van der Waals surface area contributed by atoms with E-state index in [4.69, 9.17) is 19.9 Å². The molecule has 150 valence electrons. The van der Waals surface area contributed by atoms with Crippen molar-refractivity contribution >= 4 is 15.7 Å². The number of sulfone groups is 1. The van der Waals surface area contributed by atoms with Crippen LogP contribution in [0, 0.1) is 5.92 Å². The maximum absolute atomic E-state index is 13.0. The van der Waals surface area contributed by atoms with Crippen LogP contribution in [-0.4, -0.2) is 48.4 Å². The van der Waals surface area contributed by atoms with Crippen molar-refractivity contribution < 1.29 is 33.1 Å². The lowest BCUT2D eigenvalue weighted by Gasteiger charge is -2.30. The van der Waals surface area contributed by atoms with E-state index in [1.807, 2.05) is 30.3 Å². The van der Waals surface area contributed by atoms with E-state index in [0.717, 1.165) is 5.56 Å². The number of hydrogen-bond acceptors (Lipinski definition) is 7. The Morgan fingerprint density at radius 3 is 2.43 bits per heavy atom. The predicted molar refractivity (Wildman–Crippen MR) is 97.5 cm³/mol. The summed E-state index contributed by atoms with van der Waals surface area (Å²) in [5, 5.41) is 16.3. The third-order valence-electron chi connectivity index (χ3n) is 4.61. The molecule has 0 aromatic heterocycles. The second kappa shape index (κ2) is 8.70. The second-order valence-corrected chi connectivity index (χ2v) is 8.59. The van der Waals surface area contributed by atoms with E-state index in [1.54, 1.807) is 12.1 Å². The van der Waals surface area contributed by atoms with Gasteiger partial charge in [-0.1, -0.05) is 35.6 Å². The minimum atomic E-state index is -3.88. The molecule has 0 saturated carbocycles. The fourth-order valence-corrected chi connectivity index (χ4v) is 5.01. The molecule has 1 heterocycles. The topological polar surface area (TPSA) is 113 Å². The van der Waals surface area contributed by atoms with Crippen LogP contribution in [0.15, 0.2) is 59.5 Å². The number of hydrogen-bond donors (Lipinski definition) is 2. The van der Waals surface area contributed by atoms with Gasteiger partial charge in [-0.2, -0.15) is 0 Å². The Labute approximate surface area is 162 Å². The van der Waals surface area contributed by atoms with Crippen molar-refractivity contribution in [3.05, 3.63) is 60.2 Å². The Balaban J connectivity index is 1.74. The largest absolute Gasteiger partial charge is 0.489 e. The van der Waals surface area contributed by atoms with Crippen molar-refractivity contribution in [2.75, 3.05) is 13.2 Å². The molecule has 1 fully saturated rings. The third-order valence-corrected chi connectivity index (χ3v) is 6.90. The minimum Gasteiger partial charge on any atom is -0.489 e. The number of carbonyl (C=O) groups excluding carboxylic acids is 1. The van der Waals surface area contributed by atoms with Crippen LogP contribution in [0.4, 0.5) is 0 Å². The van der Waals surface area contributed by atoms with Crippen LogP contribution in [0.5, 0.6) is 5.75 Å². The Hall–Kier alpha value is -2.46. The van der Waals surface area contributed by atoms with Crippen LogP contribution < -0.4 is 4.74 Å². The van der Waals surface area contributed by atoms with E-state index < -0.39 is 32.1 Å². The van der Waals surface area contributed by atoms with Gasteiger partial charge in [0.25, 0.3) is 5.91 Å². The van der Waals surface area contributed by atoms with Gasteiger partial charge in [-0.05, 0) is 36.2 Å². The number of nitrogens with zero attached hydrogens (tertiary/aromatic N) is 1. The fraction of sp³-hybridized carbons (Fsp3) is 0.316. The average molecular weight is 407 g/mol. The van der Waals surface area contributed by atoms with Crippen molar-refractivity contribution in [1.29, 1.82) is 0 Å². The molecule has 2 atom stereocenters. The molecule has 1 aliphatic heterocycles. The quantitative estimate of drug-likeness (QED) is 0.556. The normalized spacial score (nSPS) is 19.8. The maximum atomic E-state index is 13.0. The Bertz CT molecular complexity index is 898. The van der Waals surface area contributed by atoms with Crippen LogP contribution in [0.3, 0.4) is 0 Å². The molecular weight excluding hydrogens is 386 g/mol. The molecule has 1 amide bonds. The Morgan fingerprint density at radius 2 is 1.79 bits per heavy atom. The fourth-order valence-electron chi connectivity index (χ4n) is 3.11. The molecular formula is C19H21NO7S. The summed E-state index contributed by atoms with van der Waals surface area (Å²) >= 11 is 0. The van der Waals surface area contributed by atoms with E-state index in [9.17, 15) is 13.2 Å². The lowest BCUT2D eigenvalue weighted by Crippen LogP contribution is -2.46. The molecule has 0 aliphatic carbocycles. The molecule has 28 heavy (non-hydrogen) atoms. The monoisotopic (exact) mass is 407 g/mol. The van der Waals surface area contributed by atoms with Gasteiger partial charge in [-0.15, -0.1) is 0 Å². The predicted octanol–water partition coefficient (Wildman–Crippen LogP) is 2.05. The summed E-state index contributed by atoms with van der Waals surface area (Å²) in [6, 6.07) is 15.5. The van der Waals surface area contributed by atoms with Crippen molar-refractivity contribution in [3.8, 4) is 5.75 Å². The van der Waals surface area contributed by atoms with E-state index >= 15 is 0 Å². The molecule has 2 aromatic rings. The number of benzene rings is 2. The highest BCUT2D eigenvalue weighted by Gasteiger charge is 2.42. The molecule has 2 N–H and O–H groups in total. The SMILES string of the molecule is O=C(C1COCCC1S(=O)(=O)c1ccc(OCc2ccccc2)cc1)N(O)O. The van der Waals surface area contributed by atoms with E-state index in [-0.39, 0.29) is 24.5 Å². The first-order valence-electron chi connectivity index (χ1n) is 8.70. The third kappa shape index (κ3) is 4.50. The second-order valence-electron chi connectivity index (χ2n) is 6.43. The van der Waals surface area contributed by atoms with Crippen LogP contribution in [0.25, 0.3) is 0 Å². The molecule has 9 heteroatoms. The summed E-state index contributed by atoms with van der Waals surface area (Å²) in [4.78, 5) is 12.0. The number of rotatable bonds is 6. The first kappa shape index (κ1) is 20.3. The number of ether oxygens (including phenoxy) is 2. The van der Waals surface area contributed by atoms with Gasteiger partial charge in [0.05, 0.1) is 22.7 Å². The van der Waals surface area contributed by atoms with E-state index in [1.165, 1.54) is 12.1 Å². The first-order chi connectivity index (χ1) is 13.4. The summed E-state index contributed by atoms with van der Waals surface area (Å²) in [5.74, 6) is -1.79. The minimum absolute atomic E-state index is 0.0340. The number of amides is 1. The molecule has 2 unspecified atom stereocenters. The van der Waals surface area contributed by atoms with E-state index in [2.05, 4.69) is 0 Å². The standard InChI is InChI=1S/C19H21NO7S/c21-19(20(22)23)17-13-26-11-10-18(17)28(24,25)16-8-6-15(7-9-16)27-12-14-4-2-1-3-5-14/h1-9,17-18,22-23H,10-13H2. The summed E-state index contributed by atoms with van der Waals surface area (Å²) in [7, 11) is -3.88.